The molecule has 0 radical (unpaired) electrons. The van der Waals surface area contributed by atoms with Gasteiger partial charge in [-0.1, -0.05) is 12.1 Å². The lowest BCUT2D eigenvalue weighted by Gasteiger charge is -2.13. The summed E-state index contributed by atoms with van der Waals surface area (Å²) < 4.78 is 5.09. The second-order valence-electron chi connectivity index (χ2n) is 4.29. The third-order valence-corrected chi connectivity index (χ3v) is 3.52. The fraction of sp³-hybridized carbons (Fsp3) is 0.357. The highest BCUT2D eigenvalue weighted by Gasteiger charge is 2.08. The number of aromatic nitrogens is 1. The number of hydrogen-bond donors (Lipinski definition) is 1. The molecule has 1 unspecified atom stereocenters. The smallest absolute Gasteiger partial charge is 0.0898 e. The van der Waals surface area contributed by atoms with E-state index in [9.17, 15) is 0 Å². The quantitative estimate of drug-likeness (QED) is 0.890. The third-order valence-electron chi connectivity index (χ3n) is 2.73. The molecule has 1 aromatic heterocycles. The van der Waals surface area contributed by atoms with Gasteiger partial charge in [-0.25, -0.2) is 4.98 Å². The van der Waals surface area contributed by atoms with Gasteiger partial charge in [0.1, 0.15) is 0 Å². The first-order valence-electron chi connectivity index (χ1n) is 5.95. The van der Waals surface area contributed by atoms with Crippen molar-refractivity contribution in [2.75, 3.05) is 12.4 Å². The molecule has 2 rings (SSSR count). The van der Waals surface area contributed by atoms with Gasteiger partial charge in [0.05, 0.1) is 23.4 Å². The summed E-state index contributed by atoms with van der Waals surface area (Å²) >= 11 is 1.68. The molecule has 2 aromatic rings. The van der Waals surface area contributed by atoms with Crippen molar-refractivity contribution in [3.63, 3.8) is 0 Å². The van der Waals surface area contributed by atoms with Gasteiger partial charge >= 0.3 is 0 Å². The van der Waals surface area contributed by atoms with Gasteiger partial charge in [0, 0.05) is 18.2 Å². The number of nitrogens with one attached hydrogen (secondary N) is 1. The summed E-state index contributed by atoms with van der Waals surface area (Å²) in [6.07, 6.45) is 0. The van der Waals surface area contributed by atoms with E-state index in [2.05, 4.69) is 46.9 Å². The number of nitrogens with zero attached hydrogens (tertiary/aromatic N) is 1. The molecule has 0 fully saturated rings. The Morgan fingerprint density at radius 2 is 2.06 bits per heavy atom. The van der Waals surface area contributed by atoms with Gasteiger partial charge in [0.2, 0.25) is 0 Å². The van der Waals surface area contributed by atoms with Crippen LogP contribution < -0.4 is 5.32 Å². The van der Waals surface area contributed by atoms with Crippen molar-refractivity contribution < 1.29 is 4.74 Å². The van der Waals surface area contributed by atoms with Crippen LogP contribution in [-0.2, 0) is 11.3 Å². The van der Waals surface area contributed by atoms with Gasteiger partial charge in [0.25, 0.3) is 0 Å². The summed E-state index contributed by atoms with van der Waals surface area (Å²) in [4.78, 5) is 4.49. The Labute approximate surface area is 112 Å². The van der Waals surface area contributed by atoms with Gasteiger partial charge in [-0.2, -0.15) is 0 Å². The van der Waals surface area contributed by atoms with Crippen molar-refractivity contribution >= 4 is 17.0 Å². The molecule has 0 saturated heterocycles. The number of rotatable bonds is 5. The predicted molar refractivity (Wildman–Crippen MR) is 76.0 cm³/mol. The van der Waals surface area contributed by atoms with Crippen molar-refractivity contribution in [2.45, 2.75) is 26.5 Å². The number of aryl methyl sites for hydroxylation is 1. The normalized spacial score (nSPS) is 12.4. The topological polar surface area (TPSA) is 34.1 Å². The Morgan fingerprint density at radius 3 is 2.61 bits per heavy atom. The van der Waals surface area contributed by atoms with E-state index in [0.717, 1.165) is 16.4 Å². The minimum absolute atomic E-state index is 0.225. The van der Waals surface area contributed by atoms with Gasteiger partial charge < -0.3 is 10.1 Å². The zero-order valence-corrected chi connectivity index (χ0v) is 11.8. The number of benzene rings is 1. The maximum atomic E-state index is 5.09. The van der Waals surface area contributed by atoms with Crippen LogP contribution in [0.5, 0.6) is 0 Å². The highest BCUT2D eigenvalue weighted by molar-refractivity contribution is 7.09. The second kappa shape index (κ2) is 5.98. The Kier molecular flexibility index (Phi) is 4.33. The molecular weight excluding hydrogens is 244 g/mol. The van der Waals surface area contributed by atoms with Crippen LogP contribution >= 0.6 is 11.3 Å². The van der Waals surface area contributed by atoms with E-state index >= 15 is 0 Å². The zero-order chi connectivity index (χ0) is 13.0. The van der Waals surface area contributed by atoms with Crippen LogP contribution in [0.1, 0.15) is 29.2 Å². The highest BCUT2D eigenvalue weighted by atomic mass is 32.1. The molecule has 0 bridgehead atoms. The molecule has 1 atom stereocenters. The van der Waals surface area contributed by atoms with Crippen LogP contribution in [0.4, 0.5) is 5.69 Å². The lowest BCUT2D eigenvalue weighted by molar-refractivity contribution is 0.185. The largest absolute Gasteiger partial charge is 0.380 e. The molecule has 96 valence electrons. The lowest BCUT2D eigenvalue weighted by Crippen LogP contribution is -2.07. The van der Waals surface area contributed by atoms with Crippen LogP contribution in [0.3, 0.4) is 0 Å². The Hall–Kier alpha value is -1.39. The van der Waals surface area contributed by atoms with Gasteiger partial charge in [-0.05, 0) is 31.5 Å². The predicted octanol–water partition coefficient (Wildman–Crippen LogP) is 3.77. The summed E-state index contributed by atoms with van der Waals surface area (Å²) in [5.74, 6) is 0. The number of thiazole rings is 1. The lowest BCUT2D eigenvalue weighted by atomic mass is 10.2. The summed E-state index contributed by atoms with van der Waals surface area (Å²) in [7, 11) is 1.71. The van der Waals surface area contributed by atoms with E-state index in [1.54, 1.807) is 18.4 Å². The molecule has 0 aliphatic heterocycles. The summed E-state index contributed by atoms with van der Waals surface area (Å²) in [5, 5.41) is 6.65. The van der Waals surface area contributed by atoms with Crippen LogP contribution in [0, 0.1) is 6.92 Å². The van der Waals surface area contributed by atoms with Crippen LogP contribution in [-0.4, -0.2) is 12.1 Å². The van der Waals surface area contributed by atoms with Crippen molar-refractivity contribution in [1.29, 1.82) is 0 Å². The number of methoxy groups -OCH3 is 1. The minimum atomic E-state index is 0.225. The molecule has 4 heteroatoms. The van der Waals surface area contributed by atoms with E-state index in [1.165, 1.54) is 5.56 Å². The van der Waals surface area contributed by atoms with Crippen molar-refractivity contribution in [1.82, 2.24) is 4.98 Å². The van der Waals surface area contributed by atoms with Crippen LogP contribution in [0.15, 0.2) is 29.6 Å². The molecule has 1 N–H and O–H groups in total. The molecule has 1 heterocycles. The Morgan fingerprint density at radius 1 is 1.33 bits per heavy atom. The first-order valence-corrected chi connectivity index (χ1v) is 6.83. The van der Waals surface area contributed by atoms with Gasteiger partial charge in [-0.3, -0.25) is 0 Å². The summed E-state index contributed by atoms with van der Waals surface area (Å²) in [5.41, 5.74) is 3.38. The van der Waals surface area contributed by atoms with Gasteiger partial charge in [-0.15, -0.1) is 11.3 Å². The standard InChI is InChI=1S/C14H18N2OS/c1-10(14-9-18-11(2)16-14)15-13-6-4-12(5-7-13)8-17-3/h4-7,9-10,15H,8H2,1-3H3. The highest BCUT2D eigenvalue weighted by Crippen LogP contribution is 2.21. The fourth-order valence-electron chi connectivity index (χ4n) is 1.77. The molecule has 3 nitrogen and oxygen atoms in total. The molecule has 0 aliphatic rings. The van der Waals surface area contributed by atoms with Crippen molar-refractivity contribution in [2.24, 2.45) is 0 Å². The minimum Gasteiger partial charge on any atom is -0.380 e. The maximum Gasteiger partial charge on any atom is 0.0898 e. The maximum absolute atomic E-state index is 5.09. The SMILES string of the molecule is COCc1ccc(NC(C)c2csc(C)n2)cc1. The fourth-order valence-corrected chi connectivity index (χ4v) is 2.47. The first-order chi connectivity index (χ1) is 8.69. The molecule has 18 heavy (non-hydrogen) atoms. The first kappa shape index (κ1) is 13.1. The average molecular weight is 262 g/mol. The Balaban J connectivity index is 2.00. The number of hydrogen-bond acceptors (Lipinski definition) is 4. The van der Waals surface area contributed by atoms with E-state index in [0.29, 0.717) is 6.61 Å². The number of ether oxygens (including phenoxy) is 1. The van der Waals surface area contributed by atoms with Crippen LogP contribution in [0.2, 0.25) is 0 Å². The van der Waals surface area contributed by atoms with E-state index in [-0.39, 0.29) is 6.04 Å². The van der Waals surface area contributed by atoms with Crippen molar-refractivity contribution in [3.05, 3.63) is 45.9 Å². The zero-order valence-electron chi connectivity index (χ0n) is 10.9. The van der Waals surface area contributed by atoms with E-state index in [1.807, 2.05) is 6.92 Å². The van der Waals surface area contributed by atoms with Gasteiger partial charge in [0.15, 0.2) is 0 Å². The Bertz CT molecular complexity index is 493. The van der Waals surface area contributed by atoms with E-state index < -0.39 is 0 Å². The van der Waals surface area contributed by atoms with Crippen LogP contribution in [0.25, 0.3) is 0 Å². The second-order valence-corrected chi connectivity index (χ2v) is 5.35. The third kappa shape index (κ3) is 3.31. The monoisotopic (exact) mass is 262 g/mol. The molecule has 0 saturated carbocycles. The molecule has 0 amide bonds. The molecule has 0 spiro atoms. The van der Waals surface area contributed by atoms with Crippen molar-refractivity contribution in [3.8, 4) is 0 Å². The molecule has 0 aliphatic carbocycles. The molecular formula is C14H18N2OS. The van der Waals surface area contributed by atoms with E-state index in [4.69, 9.17) is 4.74 Å². The molecule has 1 aromatic carbocycles. The summed E-state index contributed by atoms with van der Waals surface area (Å²) in [6.45, 7) is 4.80. The number of anilines is 1. The average Bonchev–Trinajstić information content (AvgIpc) is 2.79. The summed E-state index contributed by atoms with van der Waals surface area (Å²) in [6, 6.07) is 8.52.